The zero-order valence-corrected chi connectivity index (χ0v) is 19.1. The summed E-state index contributed by atoms with van der Waals surface area (Å²) in [7, 11) is 1.47. The van der Waals surface area contributed by atoms with Crippen molar-refractivity contribution in [2.24, 2.45) is 0 Å². The van der Waals surface area contributed by atoms with Gasteiger partial charge in [-0.25, -0.2) is 0 Å². The molecule has 2 heterocycles. The fraction of sp³-hybridized carbons (Fsp3) is 0.269. The summed E-state index contributed by atoms with van der Waals surface area (Å²) in [5, 5.41) is 11.4. The molecule has 0 bridgehead atoms. The molecular weight excluding hydrogens is 436 g/mol. The largest absolute Gasteiger partial charge is 0.507 e. The van der Waals surface area contributed by atoms with E-state index in [1.54, 1.807) is 54.6 Å². The van der Waals surface area contributed by atoms with Crippen molar-refractivity contribution >= 4 is 29.0 Å². The maximum atomic E-state index is 14.1. The molecule has 1 saturated heterocycles. The Morgan fingerprint density at radius 1 is 1.12 bits per heavy atom. The summed E-state index contributed by atoms with van der Waals surface area (Å²) in [6.45, 7) is 6.33. The number of hydrogen-bond acceptors (Lipinski definition) is 6. The molecule has 0 radical (unpaired) electrons. The number of rotatable bonds is 8. The molecule has 0 aromatic heterocycles. The third-order valence-corrected chi connectivity index (χ3v) is 6.08. The van der Waals surface area contributed by atoms with E-state index in [-0.39, 0.29) is 25.3 Å². The van der Waals surface area contributed by atoms with Crippen LogP contribution in [0.3, 0.4) is 0 Å². The van der Waals surface area contributed by atoms with Crippen LogP contribution in [-0.2, 0) is 24.7 Å². The summed E-state index contributed by atoms with van der Waals surface area (Å²) >= 11 is 0. The van der Waals surface area contributed by atoms with E-state index >= 15 is 0 Å². The third-order valence-electron chi connectivity index (χ3n) is 6.08. The molecule has 2 aromatic rings. The highest BCUT2D eigenvalue weighted by Crippen LogP contribution is 2.53. The van der Waals surface area contributed by atoms with E-state index in [1.165, 1.54) is 16.9 Å². The summed E-state index contributed by atoms with van der Waals surface area (Å²) < 4.78 is 10.6. The lowest BCUT2D eigenvalue weighted by atomic mass is 9.82. The van der Waals surface area contributed by atoms with Gasteiger partial charge in [0.2, 0.25) is 0 Å². The zero-order valence-electron chi connectivity index (χ0n) is 19.1. The van der Waals surface area contributed by atoms with Crippen LogP contribution in [0.4, 0.5) is 5.69 Å². The van der Waals surface area contributed by atoms with Crippen LogP contribution in [0.15, 0.2) is 66.8 Å². The van der Waals surface area contributed by atoms with Crippen molar-refractivity contribution in [1.29, 1.82) is 0 Å². The molecule has 2 aromatic carbocycles. The van der Waals surface area contributed by atoms with Crippen LogP contribution < -0.4 is 9.64 Å². The molecule has 0 unspecified atom stereocenters. The van der Waals surface area contributed by atoms with Crippen LogP contribution >= 0.6 is 0 Å². The highest BCUT2D eigenvalue weighted by Gasteiger charge is 2.66. The number of aliphatic hydroxyl groups is 1. The monoisotopic (exact) mass is 462 g/mol. The molecule has 2 aliphatic rings. The number of amides is 2. The van der Waals surface area contributed by atoms with E-state index in [0.29, 0.717) is 29.2 Å². The minimum absolute atomic E-state index is 0.0108. The van der Waals surface area contributed by atoms with Crippen molar-refractivity contribution in [3.63, 3.8) is 0 Å². The number of para-hydroxylation sites is 1. The van der Waals surface area contributed by atoms with Crippen LogP contribution in [-0.4, -0.2) is 61.0 Å². The van der Waals surface area contributed by atoms with Gasteiger partial charge in [-0.3, -0.25) is 14.4 Å². The van der Waals surface area contributed by atoms with E-state index in [4.69, 9.17) is 9.47 Å². The van der Waals surface area contributed by atoms with Crippen LogP contribution in [0.2, 0.25) is 0 Å². The molecule has 2 aliphatic heterocycles. The van der Waals surface area contributed by atoms with E-state index < -0.39 is 28.9 Å². The number of fused-ring (bicyclic) bond motifs is 2. The Labute approximate surface area is 197 Å². The Kier molecular flexibility index (Phi) is 6.26. The third kappa shape index (κ3) is 3.30. The van der Waals surface area contributed by atoms with Gasteiger partial charge < -0.3 is 24.4 Å². The summed E-state index contributed by atoms with van der Waals surface area (Å²) in [6.07, 6.45) is 1.57. The zero-order chi connectivity index (χ0) is 24.5. The average Bonchev–Trinajstić information content (AvgIpc) is 3.22. The van der Waals surface area contributed by atoms with Gasteiger partial charge in [-0.2, -0.15) is 0 Å². The Bertz CT molecular complexity index is 1190. The van der Waals surface area contributed by atoms with Gasteiger partial charge in [0, 0.05) is 31.3 Å². The molecule has 4 rings (SSSR count). The molecule has 8 heteroatoms. The second-order valence-electron chi connectivity index (χ2n) is 7.89. The van der Waals surface area contributed by atoms with Crippen LogP contribution in [0.25, 0.3) is 5.76 Å². The highest BCUT2D eigenvalue weighted by molar-refractivity contribution is 6.50. The molecule has 8 nitrogen and oxygen atoms in total. The maximum Gasteiger partial charge on any atom is 0.296 e. The number of likely N-dealkylation sites (tertiary alicyclic amines) is 1. The van der Waals surface area contributed by atoms with E-state index in [0.717, 1.165) is 0 Å². The number of ether oxygens (including phenoxy) is 2. The summed E-state index contributed by atoms with van der Waals surface area (Å²) in [5.74, 6) is -2.13. The van der Waals surface area contributed by atoms with E-state index in [2.05, 4.69) is 6.58 Å². The van der Waals surface area contributed by atoms with E-state index in [1.807, 2.05) is 6.92 Å². The number of benzene rings is 2. The second kappa shape index (κ2) is 9.15. The number of hydrogen-bond donors (Lipinski definition) is 1. The maximum absolute atomic E-state index is 14.1. The van der Waals surface area contributed by atoms with Crippen LogP contribution in [0, 0.1) is 0 Å². The van der Waals surface area contributed by atoms with Gasteiger partial charge in [-0.1, -0.05) is 24.3 Å². The van der Waals surface area contributed by atoms with Gasteiger partial charge in [0.1, 0.15) is 11.5 Å². The fourth-order valence-electron chi connectivity index (χ4n) is 4.68. The number of ketones is 1. The number of methoxy groups -OCH3 is 1. The lowest BCUT2D eigenvalue weighted by molar-refractivity contribution is -0.144. The van der Waals surface area contributed by atoms with Crippen molar-refractivity contribution in [3.8, 4) is 5.75 Å². The number of Topliss-reactive ketones (excluding diaryl/α,β-unsaturated/α-hetero) is 1. The minimum Gasteiger partial charge on any atom is -0.507 e. The van der Waals surface area contributed by atoms with Crippen molar-refractivity contribution in [2.45, 2.75) is 12.5 Å². The number of carbonyl (C=O) groups is 3. The predicted octanol–water partition coefficient (Wildman–Crippen LogP) is 2.84. The van der Waals surface area contributed by atoms with Crippen molar-refractivity contribution in [2.75, 3.05) is 38.3 Å². The molecule has 0 saturated carbocycles. The van der Waals surface area contributed by atoms with Gasteiger partial charge >= 0.3 is 0 Å². The molecular formula is C26H26N2O6. The first-order valence-corrected chi connectivity index (χ1v) is 11.0. The molecule has 1 fully saturated rings. The Hall–Kier alpha value is -3.91. The van der Waals surface area contributed by atoms with Crippen LogP contribution in [0.1, 0.15) is 18.1 Å². The molecule has 1 atom stereocenters. The summed E-state index contributed by atoms with van der Waals surface area (Å²) in [5.41, 5.74) is -0.782. The van der Waals surface area contributed by atoms with Crippen molar-refractivity contribution in [1.82, 2.24) is 4.90 Å². The molecule has 34 heavy (non-hydrogen) atoms. The first-order valence-electron chi connectivity index (χ1n) is 11.0. The molecule has 2 amide bonds. The normalized spacial score (nSPS) is 20.8. The first kappa shape index (κ1) is 23.3. The van der Waals surface area contributed by atoms with Gasteiger partial charge in [0.05, 0.1) is 24.5 Å². The average molecular weight is 463 g/mol. The van der Waals surface area contributed by atoms with Crippen molar-refractivity contribution in [3.05, 3.63) is 77.9 Å². The lowest BCUT2D eigenvalue weighted by Gasteiger charge is -2.34. The number of anilines is 1. The Morgan fingerprint density at radius 2 is 1.82 bits per heavy atom. The molecule has 1 N–H and O–H groups in total. The summed E-state index contributed by atoms with van der Waals surface area (Å²) in [6, 6.07) is 13.4. The quantitative estimate of drug-likeness (QED) is 0.281. The number of aliphatic hydroxyl groups excluding tert-OH is 1. The predicted molar refractivity (Wildman–Crippen MR) is 126 cm³/mol. The smallest absolute Gasteiger partial charge is 0.296 e. The number of nitrogens with zero attached hydrogens (tertiary/aromatic N) is 2. The SMILES string of the molecule is C=CCN1C(=O)[C@]2(C(=C(O)c3ccc(OCC)cc3)C(=O)C(=O)N2CCOC)c2ccccc21. The van der Waals surface area contributed by atoms with Gasteiger partial charge in [-0.05, 0) is 37.3 Å². The Balaban J connectivity index is 2.00. The minimum atomic E-state index is -1.81. The lowest BCUT2D eigenvalue weighted by Crippen LogP contribution is -2.52. The number of carbonyl (C=O) groups excluding carboxylic acids is 3. The molecule has 1 spiro atoms. The van der Waals surface area contributed by atoms with Gasteiger partial charge in [-0.15, -0.1) is 6.58 Å². The van der Waals surface area contributed by atoms with Gasteiger partial charge in [0.25, 0.3) is 17.6 Å². The highest BCUT2D eigenvalue weighted by atomic mass is 16.5. The first-order chi connectivity index (χ1) is 16.4. The summed E-state index contributed by atoms with van der Waals surface area (Å²) in [4.78, 5) is 43.4. The fourth-order valence-corrected chi connectivity index (χ4v) is 4.68. The van der Waals surface area contributed by atoms with Crippen LogP contribution in [0.5, 0.6) is 5.75 Å². The second-order valence-corrected chi connectivity index (χ2v) is 7.89. The standard InChI is InChI=1S/C26H26N2O6/c1-4-14-27-20-9-7-6-8-19(20)26(25(27)32)21(23(30)24(31)28(26)15-16-33-3)22(29)17-10-12-18(13-11-17)34-5-2/h4,6-13,29H,1,5,14-16H2,2-3H3/t26-/m1/s1. The van der Waals surface area contributed by atoms with Gasteiger partial charge in [0.15, 0.2) is 5.54 Å². The van der Waals surface area contributed by atoms with Crippen molar-refractivity contribution < 1.29 is 29.0 Å². The topological polar surface area (TPSA) is 96.4 Å². The molecule has 0 aliphatic carbocycles. The van der Waals surface area contributed by atoms with E-state index in [9.17, 15) is 19.5 Å². The molecule has 176 valence electrons. The Morgan fingerprint density at radius 3 is 2.47 bits per heavy atom.